The first-order chi connectivity index (χ1) is 10.1. The Hall–Kier alpha value is -2.33. The molecule has 0 saturated heterocycles. The Kier molecular flexibility index (Phi) is 4.95. The highest BCUT2D eigenvalue weighted by Gasteiger charge is 2.07. The Morgan fingerprint density at radius 1 is 1.38 bits per heavy atom. The number of esters is 1. The maximum atomic E-state index is 13.1. The molecule has 0 saturated carbocycles. The van der Waals surface area contributed by atoms with E-state index in [0.717, 1.165) is 0 Å². The van der Waals surface area contributed by atoms with Gasteiger partial charge in [0.1, 0.15) is 23.9 Å². The van der Waals surface area contributed by atoms with Crippen molar-refractivity contribution >= 4 is 23.6 Å². The summed E-state index contributed by atoms with van der Waals surface area (Å²) in [4.78, 5) is 11.3. The SMILES string of the molecule is C=CCOC(=O)/C=C/c1ccc(-c2ccc(F)c(Cl)c2)o1. The number of ether oxygens (including phenoxy) is 1. The van der Waals surface area contributed by atoms with Crippen molar-refractivity contribution in [1.82, 2.24) is 0 Å². The molecule has 0 bridgehead atoms. The highest BCUT2D eigenvalue weighted by atomic mass is 35.5. The summed E-state index contributed by atoms with van der Waals surface area (Å²) in [7, 11) is 0. The predicted octanol–water partition coefficient (Wildman–Crippen LogP) is 4.48. The second kappa shape index (κ2) is 6.90. The molecule has 1 aromatic carbocycles. The third-order valence-corrected chi connectivity index (χ3v) is 2.85. The zero-order valence-electron chi connectivity index (χ0n) is 11.0. The lowest BCUT2D eigenvalue weighted by atomic mass is 10.2. The summed E-state index contributed by atoms with van der Waals surface area (Å²) < 4.78 is 23.4. The van der Waals surface area contributed by atoms with Crippen molar-refractivity contribution in [2.45, 2.75) is 0 Å². The van der Waals surface area contributed by atoms with Crippen molar-refractivity contribution < 1.29 is 18.3 Å². The van der Waals surface area contributed by atoms with E-state index < -0.39 is 11.8 Å². The lowest BCUT2D eigenvalue weighted by molar-refractivity contribution is -0.136. The van der Waals surface area contributed by atoms with E-state index in [1.807, 2.05) is 0 Å². The van der Waals surface area contributed by atoms with Crippen LogP contribution in [0.3, 0.4) is 0 Å². The monoisotopic (exact) mass is 306 g/mol. The van der Waals surface area contributed by atoms with Crippen LogP contribution in [0.15, 0.2) is 53.5 Å². The van der Waals surface area contributed by atoms with Crippen LogP contribution >= 0.6 is 11.6 Å². The van der Waals surface area contributed by atoms with Crippen LogP contribution in [0.4, 0.5) is 4.39 Å². The number of furan rings is 1. The van der Waals surface area contributed by atoms with Gasteiger partial charge in [0.25, 0.3) is 0 Å². The highest BCUT2D eigenvalue weighted by Crippen LogP contribution is 2.26. The Balaban J connectivity index is 2.10. The second-order valence-corrected chi connectivity index (χ2v) is 4.49. The van der Waals surface area contributed by atoms with Crippen molar-refractivity contribution in [3.63, 3.8) is 0 Å². The summed E-state index contributed by atoms with van der Waals surface area (Å²) in [6, 6.07) is 7.69. The quantitative estimate of drug-likeness (QED) is 0.464. The minimum absolute atomic E-state index is 0.0222. The van der Waals surface area contributed by atoms with E-state index >= 15 is 0 Å². The molecule has 0 N–H and O–H groups in total. The maximum absolute atomic E-state index is 13.1. The van der Waals surface area contributed by atoms with Crippen molar-refractivity contribution in [2.24, 2.45) is 0 Å². The van der Waals surface area contributed by atoms with Gasteiger partial charge in [-0.3, -0.25) is 0 Å². The molecule has 0 atom stereocenters. The van der Waals surface area contributed by atoms with Gasteiger partial charge in [-0.25, -0.2) is 9.18 Å². The molecule has 108 valence electrons. The summed E-state index contributed by atoms with van der Waals surface area (Å²) in [5, 5.41) is 0.0222. The lowest BCUT2D eigenvalue weighted by Crippen LogP contribution is -1.99. The number of carbonyl (C=O) groups excluding carboxylic acids is 1. The van der Waals surface area contributed by atoms with Gasteiger partial charge in [0.05, 0.1) is 5.02 Å². The number of carbonyl (C=O) groups is 1. The third-order valence-electron chi connectivity index (χ3n) is 2.56. The van der Waals surface area contributed by atoms with Gasteiger partial charge in [-0.2, -0.15) is 0 Å². The second-order valence-electron chi connectivity index (χ2n) is 4.08. The van der Waals surface area contributed by atoms with Gasteiger partial charge in [0, 0.05) is 11.6 Å². The molecular formula is C16H12ClFO3. The van der Waals surface area contributed by atoms with Gasteiger partial charge in [-0.1, -0.05) is 24.3 Å². The topological polar surface area (TPSA) is 39.4 Å². The fourth-order valence-electron chi connectivity index (χ4n) is 1.59. The van der Waals surface area contributed by atoms with Gasteiger partial charge in [-0.05, 0) is 36.4 Å². The van der Waals surface area contributed by atoms with Crippen molar-refractivity contribution in [3.05, 3.63) is 65.7 Å². The smallest absolute Gasteiger partial charge is 0.331 e. The van der Waals surface area contributed by atoms with Crippen LogP contribution in [0.2, 0.25) is 5.02 Å². The molecule has 0 aliphatic rings. The summed E-state index contributed by atoms with van der Waals surface area (Å²) in [6.07, 6.45) is 4.22. The normalized spacial score (nSPS) is 10.8. The number of rotatable bonds is 5. The van der Waals surface area contributed by atoms with Crippen molar-refractivity contribution in [1.29, 1.82) is 0 Å². The minimum Gasteiger partial charge on any atom is -0.458 e. The molecule has 1 aromatic heterocycles. The zero-order chi connectivity index (χ0) is 15.2. The highest BCUT2D eigenvalue weighted by molar-refractivity contribution is 6.31. The summed E-state index contributed by atoms with van der Waals surface area (Å²) in [5.41, 5.74) is 0.648. The third kappa shape index (κ3) is 4.07. The zero-order valence-corrected chi connectivity index (χ0v) is 11.8. The minimum atomic E-state index is -0.489. The molecule has 3 nitrogen and oxygen atoms in total. The van der Waals surface area contributed by atoms with Crippen LogP contribution in [0.5, 0.6) is 0 Å². The fourth-order valence-corrected chi connectivity index (χ4v) is 1.77. The molecule has 2 aromatic rings. The predicted molar refractivity (Wildman–Crippen MR) is 79.3 cm³/mol. The van der Waals surface area contributed by atoms with Crippen LogP contribution in [-0.2, 0) is 9.53 Å². The van der Waals surface area contributed by atoms with Gasteiger partial charge in [0.2, 0.25) is 0 Å². The van der Waals surface area contributed by atoms with Crippen molar-refractivity contribution in [2.75, 3.05) is 6.61 Å². The van der Waals surface area contributed by atoms with E-state index in [0.29, 0.717) is 17.1 Å². The van der Waals surface area contributed by atoms with Gasteiger partial charge >= 0.3 is 5.97 Å². The summed E-state index contributed by atoms with van der Waals surface area (Å²) >= 11 is 5.72. The molecule has 0 aliphatic carbocycles. The molecule has 5 heteroatoms. The van der Waals surface area contributed by atoms with E-state index in [9.17, 15) is 9.18 Å². The molecule has 0 radical (unpaired) electrons. The van der Waals surface area contributed by atoms with Gasteiger partial charge in [0.15, 0.2) is 0 Å². The largest absolute Gasteiger partial charge is 0.458 e. The Labute approximate surface area is 126 Å². The van der Waals surface area contributed by atoms with E-state index in [1.165, 1.54) is 30.4 Å². The van der Waals surface area contributed by atoms with E-state index in [2.05, 4.69) is 6.58 Å². The molecule has 0 spiro atoms. The molecule has 0 amide bonds. The molecule has 1 heterocycles. The number of hydrogen-bond donors (Lipinski definition) is 0. The molecule has 21 heavy (non-hydrogen) atoms. The number of benzene rings is 1. The average Bonchev–Trinajstić information content (AvgIpc) is 2.94. The molecular weight excluding hydrogens is 295 g/mol. The van der Waals surface area contributed by atoms with Crippen LogP contribution in [0.25, 0.3) is 17.4 Å². The fraction of sp³-hybridized carbons (Fsp3) is 0.0625. The van der Waals surface area contributed by atoms with E-state index in [-0.39, 0.29) is 11.6 Å². The van der Waals surface area contributed by atoms with Crippen LogP contribution in [0.1, 0.15) is 5.76 Å². The first-order valence-electron chi connectivity index (χ1n) is 6.11. The average molecular weight is 307 g/mol. The van der Waals surface area contributed by atoms with Gasteiger partial charge in [-0.15, -0.1) is 0 Å². The van der Waals surface area contributed by atoms with E-state index in [1.54, 1.807) is 18.2 Å². The Morgan fingerprint density at radius 3 is 2.90 bits per heavy atom. The first-order valence-corrected chi connectivity index (χ1v) is 6.49. The first kappa shape index (κ1) is 15.1. The maximum Gasteiger partial charge on any atom is 0.331 e. The van der Waals surface area contributed by atoms with Crippen molar-refractivity contribution in [3.8, 4) is 11.3 Å². The van der Waals surface area contributed by atoms with E-state index in [4.69, 9.17) is 20.8 Å². The Bertz CT molecular complexity index is 689. The number of halogens is 2. The molecule has 0 unspecified atom stereocenters. The summed E-state index contributed by atoms with van der Waals surface area (Å²) in [5.74, 6) is 0.0201. The molecule has 2 rings (SSSR count). The lowest BCUT2D eigenvalue weighted by Gasteiger charge is -1.98. The van der Waals surface area contributed by atoms with Gasteiger partial charge < -0.3 is 9.15 Å². The molecule has 0 aliphatic heterocycles. The molecule has 0 fully saturated rings. The van der Waals surface area contributed by atoms with Crippen LogP contribution in [-0.4, -0.2) is 12.6 Å². The van der Waals surface area contributed by atoms with Crippen LogP contribution in [0, 0.1) is 5.82 Å². The Morgan fingerprint density at radius 2 is 2.19 bits per heavy atom. The van der Waals surface area contributed by atoms with Crippen LogP contribution < -0.4 is 0 Å². The standard InChI is InChI=1S/C16H12ClFO3/c1-2-9-20-16(19)8-5-12-4-7-15(21-12)11-3-6-14(18)13(17)10-11/h2-8,10H,1,9H2/b8-5+. The summed E-state index contributed by atoms with van der Waals surface area (Å²) in [6.45, 7) is 3.60. The number of hydrogen-bond acceptors (Lipinski definition) is 3.